The molecule has 0 atom stereocenters. The molecule has 0 saturated carbocycles. The van der Waals surface area contributed by atoms with Crippen molar-refractivity contribution in [3.63, 3.8) is 0 Å². The summed E-state index contributed by atoms with van der Waals surface area (Å²) in [5.74, 6) is -0.300. The van der Waals surface area contributed by atoms with Gasteiger partial charge in [-0.25, -0.2) is 13.6 Å². The number of primary sulfonamides is 1. The van der Waals surface area contributed by atoms with Crippen molar-refractivity contribution in [2.45, 2.75) is 24.2 Å². The van der Waals surface area contributed by atoms with Crippen molar-refractivity contribution in [3.05, 3.63) is 45.6 Å². The molecule has 3 rings (SSSR count). The summed E-state index contributed by atoms with van der Waals surface area (Å²) in [6, 6.07) is 8.01. The fraction of sp³-hybridized carbons (Fsp3) is 0.214. The Kier molecular flexibility index (Phi) is 3.56. The fourth-order valence-electron chi connectivity index (χ4n) is 2.44. The van der Waals surface area contributed by atoms with Gasteiger partial charge in [-0.2, -0.15) is 0 Å². The van der Waals surface area contributed by atoms with E-state index in [0.29, 0.717) is 4.88 Å². The minimum Gasteiger partial charge on any atom is -0.320 e. The van der Waals surface area contributed by atoms with Crippen molar-refractivity contribution in [1.29, 1.82) is 0 Å². The first-order valence-corrected chi connectivity index (χ1v) is 8.86. The van der Waals surface area contributed by atoms with E-state index in [9.17, 15) is 13.2 Å². The van der Waals surface area contributed by atoms with Crippen LogP contribution in [0.1, 0.15) is 26.5 Å². The summed E-state index contributed by atoms with van der Waals surface area (Å²) in [4.78, 5) is 14.0. The van der Waals surface area contributed by atoms with Crippen molar-refractivity contribution < 1.29 is 13.2 Å². The summed E-state index contributed by atoms with van der Waals surface area (Å²) in [6.07, 6.45) is 3.16. The zero-order chi connectivity index (χ0) is 15.0. The van der Waals surface area contributed by atoms with E-state index in [4.69, 9.17) is 5.14 Å². The quantitative estimate of drug-likeness (QED) is 0.907. The highest BCUT2D eigenvalue weighted by molar-refractivity contribution is 7.89. The van der Waals surface area contributed by atoms with Gasteiger partial charge in [-0.1, -0.05) is 12.1 Å². The predicted molar refractivity (Wildman–Crippen MR) is 82.1 cm³/mol. The monoisotopic (exact) mass is 322 g/mol. The van der Waals surface area contributed by atoms with Crippen LogP contribution in [-0.4, -0.2) is 14.3 Å². The second kappa shape index (κ2) is 5.25. The second-order valence-corrected chi connectivity index (χ2v) is 7.57. The molecular weight excluding hydrogens is 308 g/mol. The van der Waals surface area contributed by atoms with Gasteiger partial charge in [0.05, 0.1) is 10.6 Å². The van der Waals surface area contributed by atoms with E-state index in [1.165, 1.54) is 33.9 Å². The molecule has 0 fully saturated rings. The summed E-state index contributed by atoms with van der Waals surface area (Å²) >= 11 is 1.47. The van der Waals surface area contributed by atoms with Crippen LogP contribution in [-0.2, 0) is 22.9 Å². The van der Waals surface area contributed by atoms with Gasteiger partial charge in [0.2, 0.25) is 10.0 Å². The Morgan fingerprint density at radius 2 is 2.00 bits per heavy atom. The zero-order valence-electron chi connectivity index (χ0n) is 11.1. The third kappa shape index (κ3) is 2.85. The molecule has 0 spiro atoms. The largest absolute Gasteiger partial charge is 0.320 e. The predicted octanol–water partition coefficient (Wildman–Crippen LogP) is 2.14. The van der Waals surface area contributed by atoms with Gasteiger partial charge < -0.3 is 5.32 Å². The third-order valence-corrected chi connectivity index (χ3v) is 5.62. The maximum absolute atomic E-state index is 12.3. The number of amides is 1. The molecule has 3 N–H and O–H groups in total. The maximum Gasteiger partial charge on any atom is 0.265 e. The van der Waals surface area contributed by atoms with Crippen molar-refractivity contribution in [2.75, 3.05) is 5.32 Å². The number of carbonyl (C=O) groups excluding carboxylic acids is 1. The Morgan fingerprint density at radius 3 is 2.71 bits per heavy atom. The van der Waals surface area contributed by atoms with E-state index in [2.05, 4.69) is 5.32 Å². The summed E-state index contributed by atoms with van der Waals surface area (Å²) in [5, 5.41) is 7.79. The van der Waals surface area contributed by atoms with Crippen molar-refractivity contribution >= 4 is 33.0 Å². The average molecular weight is 322 g/mol. The highest BCUT2D eigenvalue weighted by Gasteiger charge is 2.20. The number of para-hydroxylation sites is 1. The molecule has 0 unspecified atom stereocenters. The molecule has 2 aromatic rings. The number of hydrogen-bond donors (Lipinski definition) is 2. The number of nitrogens with two attached hydrogens (primary N) is 1. The molecule has 1 aromatic carbocycles. The molecule has 21 heavy (non-hydrogen) atoms. The first-order chi connectivity index (χ1) is 9.95. The van der Waals surface area contributed by atoms with Crippen LogP contribution in [0.25, 0.3) is 0 Å². The number of aryl methyl sites for hydroxylation is 2. The fourth-order valence-corrected chi connectivity index (χ4v) is 4.29. The average Bonchev–Trinajstić information content (AvgIpc) is 2.98. The van der Waals surface area contributed by atoms with E-state index in [-0.39, 0.29) is 16.5 Å². The number of carbonyl (C=O) groups is 1. The molecule has 1 aliphatic rings. The zero-order valence-corrected chi connectivity index (χ0v) is 12.8. The number of fused-ring (bicyclic) bond motifs is 1. The van der Waals surface area contributed by atoms with Crippen molar-refractivity contribution in [3.8, 4) is 0 Å². The van der Waals surface area contributed by atoms with Gasteiger partial charge in [0.1, 0.15) is 4.90 Å². The number of thiophene rings is 1. The molecular formula is C14H14N2O3S2. The molecule has 5 nitrogen and oxygen atoms in total. The third-order valence-electron chi connectivity index (χ3n) is 3.41. The number of benzene rings is 1. The van der Waals surface area contributed by atoms with Gasteiger partial charge in [-0.05, 0) is 43.0 Å². The minimum absolute atomic E-state index is 0.0811. The lowest BCUT2D eigenvalue weighted by Crippen LogP contribution is -2.17. The summed E-state index contributed by atoms with van der Waals surface area (Å²) < 4.78 is 23.0. The van der Waals surface area contributed by atoms with Crippen molar-refractivity contribution in [1.82, 2.24) is 0 Å². The number of anilines is 1. The number of hydrogen-bond acceptors (Lipinski definition) is 4. The van der Waals surface area contributed by atoms with Gasteiger partial charge in [0.25, 0.3) is 5.91 Å². The van der Waals surface area contributed by atoms with Crippen LogP contribution in [0.2, 0.25) is 0 Å². The second-order valence-electron chi connectivity index (χ2n) is 4.91. The van der Waals surface area contributed by atoms with Gasteiger partial charge in [-0.3, -0.25) is 4.79 Å². The molecule has 0 bridgehead atoms. The lowest BCUT2D eigenvalue weighted by atomic mass is 10.2. The Hall–Kier alpha value is -1.70. The van der Waals surface area contributed by atoms with Gasteiger partial charge in [0, 0.05) is 4.88 Å². The summed E-state index contributed by atoms with van der Waals surface area (Å²) in [7, 11) is -3.87. The van der Waals surface area contributed by atoms with Crippen LogP contribution in [0.3, 0.4) is 0 Å². The molecule has 110 valence electrons. The van der Waals surface area contributed by atoms with Crippen LogP contribution in [0, 0.1) is 0 Å². The van der Waals surface area contributed by atoms with E-state index in [0.717, 1.165) is 19.3 Å². The number of sulfonamides is 1. The molecule has 1 aliphatic carbocycles. The maximum atomic E-state index is 12.3. The lowest BCUT2D eigenvalue weighted by Gasteiger charge is -2.08. The van der Waals surface area contributed by atoms with Gasteiger partial charge in [0.15, 0.2) is 0 Å². The van der Waals surface area contributed by atoms with Crippen LogP contribution >= 0.6 is 11.3 Å². The highest BCUT2D eigenvalue weighted by Crippen LogP contribution is 2.31. The smallest absolute Gasteiger partial charge is 0.265 e. The molecule has 1 heterocycles. The Balaban J connectivity index is 1.88. The van der Waals surface area contributed by atoms with Crippen molar-refractivity contribution in [2.24, 2.45) is 5.14 Å². The van der Waals surface area contributed by atoms with E-state index in [1.54, 1.807) is 12.1 Å². The SMILES string of the molecule is NS(=O)(=O)c1ccccc1NC(=O)c1cc2c(s1)CCC2. The van der Waals surface area contributed by atoms with Crippen LogP contribution in [0.15, 0.2) is 35.2 Å². The standard InChI is InChI=1S/C14H14N2O3S2/c15-21(18,19)13-7-2-1-5-10(13)16-14(17)12-8-9-4-3-6-11(9)20-12/h1-2,5,7-8H,3-4,6H2,(H,16,17)(H2,15,18,19). The van der Waals surface area contributed by atoms with E-state index < -0.39 is 10.0 Å². The topological polar surface area (TPSA) is 89.3 Å². The molecule has 0 aliphatic heterocycles. The number of nitrogens with one attached hydrogen (secondary N) is 1. The molecule has 1 amide bonds. The highest BCUT2D eigenvalue weighted by atomic mass is 32.2. The minimum atomic E-state index is -3.87. The first-order valence-electron chi connectivity index (χ1n) is 6.50. The lowest BCUT2D eigenvalue weighted by molar-refractivity contribution is 0.103. The van der Waals surface area contributed by atoms with Gasteiger partial charge >= 0.3 is 0 Å². The van der Waals surface area contributed by atoms with E-state index >= 15 is 0 Å². The Morgan fingerprint density at radius 1 is 1.24 bits per heavy atom. The van der Waals surface area contributed by atoms with Crippen LogP contribution in [0.4, 0.5) is 5.69 Å². The first kappa shape index (κ1) is 14.2. The molecule has 0 radical (unpaired) electrons. The van der Waals surface area contributed by atoms with Crippen LogP contribution in [0.5, 0.6) is 0 Å². The molecule has 7 heteroatoms. The van der Waals surface area contributed by atoms with E-state index in [1.807, 2.05) is 6.07 Å². The molecule has 1 aromatic heterocycles. The summed E-state index contributed by atoms with van der Waals surface area (Å²) in [5.41, 5.74) is 1.43. The molecule has 0 saturated heterocycles. The number of rotatable bonds is 3. The van der Waals surface area contributed by atoms with Gasteiger partial charge in [-0.15, -0.1) is 11.3 Å². The normalized spacial score (nSPS) is 14.0. The Labute approximate surface area is 126 Å². The summed E-state index contributed by atoms with van der Waals surface area (Å²) in [6.45, 7) is 0. The Bertz CT molecular complexity index is 788. The van der Waals surface area contributed by atoms with Crippen LogP contribution < -0.4 is 10.5 Å².